The summed E-state index contributed by atoms with van der Waals surface area (Å²) in [6.07, 6.45) is 2.28. The van der Waals surface area contributed by atoms with Crippen molar-refractivity contribution >= 4 is 23.2 Å². The number of ether oxygens (including phenoxy) is 2. The summed E-state index contributed by atoms with van der Waals surface area (Å²) in [4.78, 5) is 24.9. The first-order chi connectivity index (χ1) is 12.9. The van der Waals surface area contributed by atoms with E-state index in [1.54, 1.807) is 5.01 Å². The summed E-state index contributed by atoms with van der Waals surface area (Å²) in [5.41, 5.74) is 0.916. The molecule has 0 amide bonds. The number of hydrazone groups is 1. The highest BCUT2D eigenvalue weighted by Crippen LogP contribution is 2.53. The number of anilines is 1. The first-order valence-corrected chi connectivity index (χ1v) is 9.64. The van der Waals surface area contributed by atoms with Crippen molar-refractivity contribution in [3.63, 3.8) is 0 Å². The van der Waals surface area contributed by atoms with Gasteiger partial charge in [-0.25, -0.2) is 4.79 Å². The predicted octanol–water partition coefficient (Wildman–Crippen LogP) is 2.96. The van der Waals surface area contributed by atoms with Crippen LogP contribution >= 0.6 is 0 Å². The lowest BCUT2D eigenvalue weighted by atomic mass is 9.57. The predicted molar refractivity (Wildman–Crippen MR) is 102 cm³/mol. The molecule has 1 aromatic rings. The van der Waals surface area contributed by atoms with Gasteiger partial charge in [-0.15, -0.1) is 0 Å². The molecule has 1 saturated heterocycles. The summed E-state index contributed by atoms with van der Waals surface area (Å²) in [5, 5.41) is 6.08. The van der Waals surface area contributed by atoms with Crippen LogP contribution in [0, 0.1) is 11.3 Å². The normalized spacial score (nSPS) is 31.5. The van der Waals surface area contributed by atoms with Gasteiger partial charge in [0.25, 0.3) is 0 Å². The number of para-hydroxylation sites is 1. The van der Waals surface area contributed by atoms with Gasteiger partial charge in [0.1, 0.15) is 17.9 Å². The third-order valence-corrected chi connectivity index (χ3v) is 6.09. The van der Waals surface area contributed by atoms with E-state index in [0.717, 1.165) is 25.1 Å². The average Bonchev–Trinajstić information content (AvgIpc) is 3.12. The summed E-state index contributed by atoms with van der Waals surface area (Å²) in [5.74, 6) is -0.176. The first-order valence-electron chi connectivity index (χ1n) is 9.64. The van der Waals surface area contributed by atoms with Crippen LogP contribution in [-0.4, -0.2) is 42.3 Å². The molecule has 0 bridgehead atoms. The molecule has 0 N–H and O–H groups in total. The summed E-state index contributed by atoms with van der Waals surface area (Å²) in [7, 11) is 0. The minimum absolute atomic E-state index is 0.0184. The van der Waals surface area contributed by atoms with E-state index in [2.05, 4.69) is 18.9 Å². The van der Waals surface area contributed by atoms with Crippen LogP contribution in [0.25, 0.3) is 0 Å². The lowest BCUT2D eigenvalue weighted by Gasteiger charge is -2.58. The Morgan fingerprint density at radius 1 is 1.26 bits per heavy atom. The van der Waals surface area contributed by atoms with Crippen molar-refractivity contribution in [1.82, 2.24) is 0 Å². The summed E-state index contributed by atoms with van der Waals surface area (Å²) < 4.78 is 11.8. The van der Waals surface area contributed by atoms with Gasteiger partial charge in [0.05, 0.1) is 11.8 Å². The maximum absolute atomic E-state index is 12.8. The zero-order valence-corrected chi connectivity index (χ0v) is 16.1. The Kier molecular flexibility index (Phi) is 4.54. The molecule has 0 radical (unpaired) electrons. The Labute approximate surface area is 159 Å². The molecule has 3 aliphatic rings. The summed E-state index contributed by atoms with van der Waals surface area (Å²) in [6.45, 7) is 6.48. The molecule has 0 spiro atoms. The van der Waals surface area contributed by atoms with Gasteiger partial charge in [0, 0.05) is 24.4 Å². The highest BCUT2D eigenvalue weighted by molar-refractivity contribution is 6.38. The molecule has 0 aromatic heterocycles. The molecule has 1 aliphatic carbocycles. The van der Waals surface area contributed by atoms with Gasteiger partial charge in [-0.1, -0.05) is 32.0 Å². The van der Waals surface area contributed by atoms with Crippen LogP contribution in [0.1, 0.15) is 40.0 Å². The molecule has 4 rings (SSSR count). The zero-order chi connectivity index (χ0) is 19.2. The minimum Gasteiger partial charge on any atom is -0.457 e. The smallest absolute Gasteiger partial charge is 0.354 e. The molecule has 4 atom stereocenters. The van der Waals surface area contributed by atoms with Crippen LogP contribution in [-0.2, 0) is 19.1 Å². The van der Waals surface area contributed by atoms with Gasteiger partial charge in [-0.3, -0.25) is 9.80 Å². The zero-order valence-electron chi connectivity index (χ0n) is 16.1. The van der Waals surface area contributed by atoms with E-state index in [1.807, 2.05) is 30.3 Å². The highest BCUT2D eigenvalue weighted by atomic mass is 16.6. The lowest BCUT2D eigenvalue weighted by molar-refractivity contribution is -0.251. The third-order valence-electron chi connectivity index (χ3n) is 6.09. The monoisotopic (exact) mass is 370 g/mol. The largest absolute Gasteiger partial charge is 0.457 e. The molecule has 6 nitrogen and oxygen atoms in total. The first kappa shape index (κ1) is 18.2. The SMILES string of the molecule is CC(=O)C1CC(C(=O)OC2C3CCCOC3C2(C)C)=NN1c1ccccc1. The molecule has 1 aromatic carbocycles. The molecule has 144 valence electrons. The van der Waals surface area contributed by atoms with Crippen LogP contribution in [0.5, 0.6) is 0 Å². The number of carbonyl (C=O) groups excluding carboxylic acids is 2. The van der Waals surface area contributed by atoms with E-state index < -0.39 is 12.0 Å². The standard InChI is InChI=1S/C21H26N2O4/c1-13(24)17-12-16(22-23(17)14-8-5-4-6-9-14)20(25)27-19-15-10-7-11-26-18(15)21(19,2)3/h4-6,8-9,15,17-19H,7,10-12H2,1-3H3. The second kappa shape index (κ2) is 6.75. The van der Waals surface area contributed by atoms with Crippen LogP contribution < -0.4 is 5.01 Å². The molecule has 2 fully saturated rings. The third kappa shape index (κ3) is 3.06. The molecule has 6 heteroatoms. The number of nitrogens with zero attached hydrogens (tertiary/aromatic N) is 2. The minimum atomic E-state index is -0.463. The van der Waals surface area contributed by atoms with Gasteiger partial charge in [-0.05, 0) is 31.9 Å². The molecule has 1 saturated carbocycles. The average molecular weight is 370 g/mol. The Morgan fingerprint density at radius 2 is 2.00 bits per heavy atom. The molecule has 2 aliphatic heterocycles. The molecular formula is C21H26N2O4. The fraction of sp³-hybridized carbons (Fsp3) is 0.571. The Hall–Kier alpha value is -2.21. The number of esters is 1. The molecule has 2 heterocycles. The quantitative estimate of drug-likeness (QED) is 0.762. The highest BCUT2D eigenvalue weighted by Gasteiger charge is 2.60. The van der Waals surface area contributed by atoms with Gasteiger partial charge in [-0.2, -0.15) is 5.10 Å². The summed E-state index contributed by atoms with van der Waals surface area (Å²) in [6, 6.07) is 8.98. The second-order valence-corrected chi connectivity index (χ2v) is 8.30. The van der Waals surface area contributed by atoms with Gasteiger partial charge >= 0.3 is 5.97 Å². The number of hydrogen-bond acceptors (Lipinski definition) is 6. The number of benzene rings is 1. The van der Waals surface area contributed by atoms with E-state index in [-0.39, 0.29) is 35.7 Å². The number of ketones is 1. The molecule has 27 heavy (non-hydrogen) atoms. The topological polar surface area (TPSA) is 68.2 Å². The van der Waals surface area contributed by atoms with Crippen molar-refractivity contribution in [1.29, 1.82) is 0 Å². The Morgan fingerprint density at radius 3 is 2.70 bits per heavy atom. The fourth-order valence-electron chi connectivity index (χ4n) is 4.67. The number of hydrogen-bond donors (Lipinski definition) is 0. The van der Waals surface area contributed by atoms with Crippen LogP contribution in [0.2, 0.25) is 0 Å². The summed E-state index contributed by atoms with van der Waals surface area (Å²) >= 11 is 0. The van der Waals surface area contributed by atoms with Crippen molar-refractivity contribution in [3.05, 3.63) is 30.3 Å². The van der Waals surface area contributed by atoms with E-state index in [9.17, 15) is 9.59 Å². The lowest BCUT2D eigenvalue weighted by Crippen LogP contribution is -2.65. The number of Topliss-reactive ketones (excluding diaryl/α,β-unsaturated/α-hetero) is 1. The maximum atomic E-state index is 12.8. The van der Waals surface area contributed by atoms with Gasteiger partial charge < -0.3 is 9.47 Å². The second-order valence-electron chi connectivity index (χ2n) is 8.30. The fourth-order valence-corrected chi connectivity index (χ4v) is 4.67. The molecule has 4 unspecified atom stereocenters. The van der Waals surface area contributed by atoms with Crippen LogP contribution in [0.3, 0.4) is 0 Å². The number of carbonyl (C=O) groups is 2. The van der Waals surface area contributed by atoms with Crippen LogP contribution in [0.4, 0.5) is 5.69 Å². The van der Waals surface area contributed by atoms with E-state index in [4.69, 9.17) is 9.47 Å². The van der Waals surface area contributed by atoms with Gasteiger partial charge in [0.15, 0.2) is 5.78 Å². The van der Waals surface area contributed by atoms with E-state index in [0.29, 0.717) is 5.71 Å². The van der Waals surface area contributed by atoms with Crippen molar-refractivity contribution in [2.24, 2.45) is 16.4 Å². The maximum Gasteiger partial charge on any atom is 0.354 e. The van der Waals surface area contributed by atoms with E-state index >= 15 is 0 Å². The van der Waals surface area contributed by atoms with Crippen molar-refractivity contribution < 1.29 is 19.1 Å². The Bertz CT molecular complexity index is 774. The number of fused-ring (bicyclic) bond motifs is 1. The number of rotatable bonds is 4. The van der Waals surface area contributed by atoms with Crippen molar-refractivity contribution in [2.75, 3.05) is 11.6 Å². The molecular weight excluding hydrogens is 344 g/mol. The van der Waals surface area contributed by atoms with E-state index in [1.165, 1.54) is 6.92 Å². The Balaban J connectivity index is 1.51. The van der Waals surface area contributed by atoms with Gasteiger partial charge in [0.2, 0.25) is 0 Å². The van der Waals surface area contributed by atoms with Crippen LogP contribution in [0.15, 0.2) is 35.4 Å². The van der Waals surface area contributed by atoms with Crippen molar-refractivity contribution in [2.45, 2.75) is 58.3 Å². The van der Waals surface area contributed by atoms with Crippen molar-refractivity contribution in [3.8, 4) is 0 Å².